The van der Waals surface area contributed by atoms with Gasteiger partial charge in [0.05, 0.1) is 19.8 Å². The van der Waals surface area contributed by atoms with Crippen molar-refractivity contribution >= 4 is 17.8 Å². The van der Waals surface area contributed by atoms with Gasteiger partial charge >= 0.3 is 5.97 Å². The summed E-state index contributed by atoms with van der Waals surface area (Å²) in [6.07, 6.45) is 3.92. The summed E-state index contributed by atoms with van der Waals surface area (Å²) in [4.78, 5) is 23.1. The number of carbonyl (C=O) groups is 2. The highest BCUT2D eigenvalue weighted by molar-refractivity contribution is 6.07. The first-order chi connectivity index (χ1) is 12.0. The zero-order chi connectivity index (χ0) is 18.4. The summed E-state index contributed by atoms with van der Waals surface area (Å²) in [6.45, 7) is 2.02. The summed E-state index contributed by atoms with van der Waals surface area (Å²) in [7, 11) is 3.16. The first-order valence-corrected chi connectivity index (χ1v) is 7.80. The van der Waals surface area contributed by atoms with Gasteiger partial charge in [-0.2, -0.15) is 0 Å². The Labute approximate surface area is 146 Å². The summed E-state index contributed by atoms with van der Waals surface area (Å²) in [5, 5.41) is 8.89. The number of methoxy groups -OCH3 is 2. The van der Waals surface area contributed by atoms with Crippen LogP contribution in [0.1, 0.15) is 38.8 Å². The number of rotatable bonds is 7. The highest BCUT2D eigenvalue weighted by Crippen LogP contribution is 2.30. The number of aryl methyl sites for hydroxylation is 1. The number of hydrogen-bond donors (Lipinski definition) is 1. The molecule has 0 unspecified atom stereocenters. The molecule has 0 atom stereocenters. The van der Waals surface area contributed by atoms with Crippen LogP contribution in [0.2, 0.25) is 0 Å². The van der Waals surface area contributed by atoms with Gasteiger partial charge in [-0.3, -0.25) is 4.79 Å². The van der Waals surface area contributed by atoms with Gasteiger partial charge in [-0.15, -0.1) is 0 Å². The summed E-state index contributed by atoms with van der Waals surface area (Å²) in [6, 6.07) is 9.54. The van der Waals surface area contributed by atoms with Crippen molar-refractivity contribution in [2.24, 2.45) is 0 Å². The molecular formula is C20H20O5. The summed E-state index contributed by atoms with van der Waals surface area (Å²) < 4.78 is 10.7. The van der Waals surface area contributed by atoms with E-state index >= 15 is 0 Å². The molecule has 0 heterocycles. The predicted octanol–water partition coefficient (Wildman–Crippen LogP) is 3.86. The van der Waals surface area contributed by atoms with Crippen molar-refractivity contribution in [3.05, 3.63) is 64.7 Å². The summed E-state index contributed by atoms with van der Waals surface area (Å²) in [5.74, 6) is 0.115. The van der Waals surface area contributed by atoms with Crippen LogP contribution in [0.5, 0.6) is 11.5 Å². The number of carboxylic acid groups (broad SMARTS) is 1. The van der Waals surface area contributed by atoms with E-state index in [0.29, 0.717) is 11.3 Å². The van der Waals surface area contributed by atoms with Crippen LogP contribution in [0.15, 0.2) is 42.5 Å². The van der Waals surface area contributed by atoms with Crippen LogP contribution in [0, 0.1) is 0 Å². The minimum absolute atomic E-state index is 0.143. The lowest BCUT2D eigenvalue weighted by Gasteiger charge is -2.12. The largest absolute Gasteiger partial charge is 0.496 e. The van der Waals surface area contributed by atoms with Crippen molar-refractivity contribution in [3.8, 4) is 11.5 Å². The molecule has 0 aliphatic carbocycles. The van der Waals surface area contributed by atoms with E-state index in [1.807, 2.05) is 13.0 Å². The molecule has 0 bridgehead atoms. The molecule has 130 valence electrons. The van der Waals surface area contributed by atoms with Crippen molar-refractivity contribution in [1.82, 2.24) is 0 Å². The highest BCUT2D eigenvalue weighted by atomic mass is 16.5. The molecular weight excluding hydrogens is 320 g/mol. The molecule has 0 saturated heterocycles. The summed E-state index contributed by atoms with van der Waals surface area (Å²) in [5.41, 5.74) is 2.35. The van der Waals surface area contributed by atoms with E-state index < -0.39 is 5.97 Å². The van der Waals surface area contributed by atoms with Crippen LogP contribution in [-0.2, 0) is 6.42 Å². The highest BCUT2D eigenvalue weighted by Gasteiger charge is 2.10. The molecule has 0 fully saturated rings. The van der Waals surface area contributed by atoms with E-state index in [9.17, 15) is 9.59 Å². The minimum atomic E-state index is -1.02. The maximum atomic E-state index is 12.3. The van der Waals surface area contributed by atoms with E-state index in [1.54, 1.807) is 26.4 Å². The van der Waals surface area contributed by atoms with E-state index in [0.717, 1.165) is 23.3 Å². The Morgan fingerprint density at radius 2 is 1.60 bits per heavy atom. The topological polar surface area (TPSA) is 72.8 Å². The molecule has 5 heteroatoms. The molecule has 25 heavy (non-hydrogen) atoms. The quantitative estimate of drug-likeness (QED) is 0.612. The molecule has 0 amide bonds. The smallest absolute Gasteiger partial charge is 0.335 e. The normalized spacial score (nSPS) is 10.7. The van der Waals surface area contributed by atoms with Gasteiger partial charge in [0.1, 0.15) is 11.5 Å². The van der Waals surface area contributed by atoms with E-state index in [4.69, 9.17) is 14.6 Å². The van der Waals surface area contributed by atoms with Crippen molar-refractivity contribution < 1.29 is 24.2 Å². The lowest BCUT2D eigenvalue weighted by atomic mass is 10.0. The standard InChI is InChI=1S/C20H20O5/c1-4-13-11-16(19(25-3)12-18(13)24-2)9-10-17(21)14-5-7-15(8-6-14)20(22)23/h5-12H,4H2,1-3H3,(H,22,23)/b10-9+. The molecule has 0 saturated carbocycles. The molecule has 2 aromatic rings. The van der Waals surface area contributed by atoms with Crippen molar-refractivity contribution in [3.63, 3.8) is 0 Å². The SMILES string of the molecule is CCc1cc(/C=C/C(=O)c2ccc(C(=O)O)cc2)c(OC)cc1OC. The van der Waals surface area contributed by atoms with Crippen LogP contribution in [0.4, 0.5) is 0 Å². The average Bonchev–Trinajstić information content (AvgIpc) is 2.65. The molecule has 0 spiro atoms. The van der Waals surface area contributed by atoms with Crippen molar-refractivity contribution in [2.75, 3.05) is 14.2 Å². The Balaban J connectivity index is 2.28. The lowest BCUT2D eigenvalue weighted by Crippen LogP contribution is -1.99. The lowest BCUT2D eigenvalue weighted by molar-refractivity contribution is 0.0696. The average molecular weight is 340 g/mol. The van der Waals surface area contributed by atoms with Gasteiger partial charge in [0.2, 0.25) is 0 Å². The molecule has 2 aromatic carbocycles. The third kappa shape index (κ3) is 4.26. The number of hydrogen-bond acceptors (Lipinski definition) is 4. The molecule has 0 aromatic heterocycles. The Morgan fingerprint density at radius 3 is 2.12 bits per heavy atom. The fraction of sp³-hybridized carbons (Fsp3) is 0.200. The fourth-order valence-electron chi connectivity index (χ4n) is 2.44. The van der Waals surface area contributed by atoms with Crippen LogP contribution in [-0.4, -0.2) is 31.1 Å². The zero-order valence-electron chi connectivity index (χ0n) is 14.4. The third-order valence-electron chi connectivity index (χ3n) is 3.84. The Bertz CT molecular complexity index is 804. The number of ketones is 1. The van der Waals surface area contributed by atoms with Gasteiger partial charge in [-0.25, -0.2) is 4.79 Å². The second-order valence-electron chi connectivity index (χ2n) is 5.34. The van der Waals surface area contributed by atoms with Gasteiger partial charge in [0.15, 0.2) is 5.78 Å². The van der Waals surface area contributed by atoms with Gasteiger partial charge in [-0.1, -0.05) is 19.1 Å². The van der Waals surface area contributed by atoms with Crippen LogP contribution >= 0.6 is 0 Å². The van der Waals surface area contributed by atoms with E-state index in [1.165, 1.54) is 30.3 Å². The summed E-state index contributed by atoms with van der Waals surface area (Å²) >= 11 is 0. The number of allylic oxidation sites excluding steroid dienone is 1. The van der Waals surface area contributed by atoms with Crippen LogP contribution in [0.25, 0.3) is 6.08 Å². The maximum Gasteiger partial charge on any atom is 0.335 e. The van der Waals surface area contributed by atoms with Gasteiger partial charge in [-0.05, 0) is 42.3 Å². The van der Waals surface area contributed by atoms with Gasteiger partial charge < -0.3 is 14.6 Å². The Hall–Kier alpha value is -3.08. The van der Waals surface area contributed by atoms with Crippen molar-refractivity contribution in [1.29, 1.82) is 0 Å². The molecule has 5 nitrogen and oxygen atoms in total. The molecule has 2 rings (SSSR count). The van der Waals surface area contributed by atoms with Crippen molar-refractivity contribution in [2.45, 2.75) is 13.3 Å². The maximum absolute atomic E-state index is 12.3. The van der Waals surface area contributed by atoms with Gasteiger partial charge in [0, 0.05) is 17.2 Å². The monoisotopic (exact) mass is 340 g/mol. The number of ether oxygens (including phenoxy) is 2. The Kier molecular flexibility index (Phi) is 5.95. The molecule has 0 radical (unpaired) electrons. The molecule has 0 aliphatic heterocycles. The number of benzene rings is 2. The Morgan fingerprint density at radius 1 is 1.00 bits per heavy atom. The van der Waals surface area contributed by atoms with Crippen LogP contribution in [0.3, 0.4) is 0 Å². The number of carboxylic acids is 1. The fourth-order valence-corrected chi connectivity index (χ4v) is 2.44. The van der Waals surface area contributed by atoms with Crippen LogP contribution < -0.4 is 9.47 Å². The van der Waals surface area contributed by atoms with E-state index in [-0.39, 0.29) is 11.3 Å². The number of aromatic carboxylic acids is 1. The van der Waals surface area contributed by atoms with Gasteiger partial charge in [0.25, 0.3) is 0 Å². The first kappa shape index (κ1) is 18.3. The predicted molar refractivity (Wildman–Crippen MR) is 95.7 cm³/mol. The van der Waals surface area contributed by atoms with E-state index in [2.05, 4.69) is 0 Å². The molecule has 1 N–H and O–H groups in total. The third-order valence-corrected chi connectivity index (χ3v) is 3.84. The minimum Gasteiger partial charge on any atom is -0.496 e. The number of carbonyl (C=O) groups excluding carboxylic acids is 1. The molecule has 0 aliphatic rings. The zero-order valence-corrected chi connectivity index (χ0v) is 14.4. The first-order valence-electron chi connectivity index (χ1n) is 7.80. The second-order valence-corrected chi connectivity index (χ2v) is 5.34. The second kappa shape index (κ2) is 8.15.